The lowest BCUT2D eigenvalue weighted by atomic mass is 9.66. The highest BCUT2D eigenvalue weighted by atomic mass is 15.1. The van der Waals surface area contributed by atoms with E-state index < -0.39 is 0 Å². The molecule has 2 fully saturated rings. The Morgan fingerprint density at radius 2 is 1.73 bits per heavy atom. The molecule has 0 aromatic heterocycles. The third-order valence-corrected chi connectivity index (χ3v) is 3.52. The SMILES string of the molecule is CN1CCCCC2(CCC2)C1. The largest absolute Gasteiger partial charge is 0.306 e. The average Bonchev–Trinajstić information content (AvgIpc) is 2.09. The average molecular weight is 153 g/mol. The third-order valence-electron chi connectivity index (χ3n) is 3.52. The molecule has 0 unspecified atom stereocenters. The summed E-state index contributed by atoms with van der Waals surface area (Å²) in [5.74, 6) is 0. The maximum atomic E-state index is 2.53. The van der Waals surface area contributed by atoms with Crippen molar-refractivity contribution in [2.45, 2.75) is 38.5 Å². The predicted octanol–water partition coefficient (Wildman–Crippen LogP) is 2.27. The van der Waals surface area contributed by atoms with Crippen molar-refractivity contribution in [2.75, 3.05) is 20.1 Å². The molecule has 0 bridgehead atoms. The second-order valence-electron chi connectivity index (χ2n) is 4.55. The highest BCUT2D eigenvalue weighted by Crippen LogP contribution is 2.46. The van der Waals surface area contributed by atoms with Crippen LogP contribution in [0.3, 0.4) is 0 Å². The maximum absolute atomic E-state index is 2.53. The van der Waals surface area contributed by atoms with E-state index >= 15 is 0 Å². The first-order chi connectivity index (χ1) is 5.31. The van der Waals surface area contributed by atoms with Gasteiger partial charge >= 0.3 is 0 Å². The van der Waals surface area contributed by atoms with Gasteiger partial charge in [0.2, 0.25) is 0 Å². The van der Waals surface area contributed by atoms with Crippen molar-refractivity contribution in [1.29, 1.82) is 0 Å². The van der Waals surface area contributed by atoms with Crippen LogP contribution >= 0.6 is 0 Å². The Balaban J connectivity index is 1.97. The molecule has 1 aliphatic carbocycles. The fraction of sp³-hybridized carbons (Fsp3) is 1.00. The summed E-state index contributed by atoms with van der Waals surface area (Å²) >= 11 is 0. The van der Waals surface area contributed by atoms with E-state index in [9.17, 15) is 0 Å². The molecule has 1 saturated carbocycles. The first-order valence-electron chi connectivity index (χ1n) is 4.99. The molecule has 1 heteroatoms. The quantitative estimate of drug-likeness (QED) is 0.516. The Kier molecular flexibility index (Phi) is 1.92. The Morgan fingerprint density at radius 1 is 1.00 bits per heavy atom. The molecular weight excluding hydrogens is 134 g/mol. The van der Waals surface area contributed by atoms with Crippen LogP contribution in [0.1, 0.15) is 38.5 Å². The van der Waals surface area contributed by atoms with Gasteiger partial charge in [-0.25, -0.2) is 0 Å². The van der Waals surface area contributed by atoms with Crippen molar-refractivity contribution in [3.63, 3.8) is 0 Å². The molecule has 1 heterocycles. The van der Waals surface area contributed by atoms with Gasteiger partial charge in [0.1, 0.15) is 0 Å². The Morgan fingerprint density at radius 3 is 2.36 bits per heavy atom. The summed E-state index contributed by atoms with van der Waals surface area (Å²) < 4.78 is 0. The third kappa shape index (κ3) is 1.44. The Bertz CT molecular complexity index is 138. The van der Waals surface area contributed by atoms with Gasteiger partial charge in [-0.05, 0) is 44.7 Å². The minimum atomic E-state index is 0.783. The number of rotatable bonds is 0. The Hall–Kier alpha value is -0.0400. The van der Waals surface area contributed by atoms with E-state index in [0.29, 0.717) is 0 Å². The second kappa shape index (κ2) is 2.78. The van der Waals surface area contributed by atoms with E-state index in [1.165, 1.54) is 51.6 Å². The lowest BCUT2D eigenvalue weighted by Crippen LogP contribution is -2.39. The lowest BCUT2D eigenvalue weighted by Gasteiger charge is -2.43. The number of nitrogens with zero attached hydrogens (tertiary/aromatic N) is 1. The molecular formula is C10H19N. The van der Waals surface area contributed by atoms with Crippen LogP contribution in [-0.2, 0) is 0 Å². The summed E-state index contributed by atoms with van der Waals surface area (Å²) in [4.78, 5) is 2.53. The summed E-state index contributed by atoms with van der Waals surface area (Å²) in [6.45, 7) is 2.72. The molecule has 0 atom stereocenters. The Labute approximate surface area is 69.8 Å². The van der Waals surface area contributed by atoms with Crippen LogP contribution in [0.5, 0.6) is 0 Å². The zero-order valence-electron chi connectivity index (χ0n) is 7.60. The summed E-state index contributed by atoms with van der Waals surface area (Å²) in [5, 5.41) is 0. The molecule has 1 aliphatic heterocycles. The molecule has 1 spiro atoms. The molecule has 64 valence electrons. The standard InChI is InChI=1S/C10H19N/c1-11-8-3-2-5-10(9-11)6-4-7-10/h2-9H2,1H3. The number of hydrogen-bond acceptors (Lipinski definition) is 1. The first kappa shape index (κ1) is 7.60. The van der Waals surface area contributed by atoms with Crippen molar-refractivity contribution in [1.82, 2.24) is 4.90 Å². The highest BCUT2D eigenvalue weighted by Gasteiger charge is 2.38. The van der Waals surface area contributed by atoms with E-state index in [4.69, 9.17) is 0 Å². The molecule has 0 amide bonds. The molecule has 0 aromatic carbocycles. The summed E-state index contributed by atoms with van der Waals surface area (Å²) in [7, 11) is 2.28. The molecule has 0 aromatic rings. The van der Waals surface area contributed by atoms with Gasteiger partial charge in [0.05, 0.1) is 0 Å². The topological polar surface area (TPSA) is 3.24 Å². The molecule has 0 N–H and O–H groups in total. The van der Waals surface area contributed by atoms with Crippen molar-refractivity contribution >= 4 is 0 Å². The van der Waals surface area contributed by atoms with Gasteiger partial charge in [0, 0.05) is 6.54 Å². The number of hydrogen-bond donors (Lipinski definition) is 0. The summed E-state index contributed by atoms with van der Waals surface area (Å²) in [5.41, 5.74) is 0.783. The maximum Gasteiger partial charge on any atom is 0.00349 e. The van der Waals surface area contributed by atoms with Crippen molar-refractivity contribution in [3.05, 3.63) is 0 Å². The molecule has 0 radical (unpaired) electrons. The predicted molar refractivity (Wildman–Crippen MR) is 47.6 cm³/mol. The fourth-order valence-corrected chi connectivity index (χ4v) is 2.70. The molecule has 1 nitrogen and oxygen atoms in total. The van der Waals surface area contributed by atoms with Crippen LogP contribution in [0.4, 0.5) is 0 Å². The normalized spacial score (nSPS) is 31.4. The van der Waals surface area contributed by atoms with Gasteiger partial charge < -0.3 is 4.90 Å². The zero-order valence-corrected chi connectivity index (χ0v) is 7.60. The van der Waals surface area contributed by atoms with E-state index in [0.717, 1.165) is 5.41 Å². The van der Waals surface area contributed by atoms with Crippen LogP contribution in [-0.4, -0.2) is 25.0 Å². The minimum Gasteiger partial charge on any atom is -0.306 e. The van der Waals surface area contributed by atoms with Crippen LogP contribution in [0.15, 0.2) is 0 Å². The van der Waals surface area contributed by atoms with Crippen LogP contribution in [0.25, 0.3) is 0 Å². The van der Waals surface area contributed by atoms with Crippen LogP contribution < -0.4 is 0 Å². The smallest absolute Gasteiger partial charge is 0.00349 e. The molecule has 2 rings (SSSR count). The summed E-state index contributed by atoms with van der Waals surface area (Å²) in [6.07, 6.45) is 8.93. The molecule has 11 heavy (non-hydrogen) atoms. The van der Waals surface area contributed by atoms with E-state index in [1.54, 1.807) is 0 Å². The van der Waals surface area contributed by atoms with Crippen molar-refractivity contribution < 1.29 is 0 Å². The highest BCUT2D eigenvalue weighted by molar-refractivity contribution is 4.91. The van der Waals surface area contributed by atoms with Gasteiger partial charge in [0.15, 0.2) is 0 Å². The van der Waals surface area contributed by atoms with Crippen LogP contribution in [0, 0.1) is 5.41 Å². The minimum absolute atomic E-state index is 0.783. The van der Waals surface area contributed by atoms with Gasteiger partial charge in [-0.3, -0.25) is 0 Å². The van der Waals surface area contributed by atoms with E-state index in [1.807, 2.05) is 0 Å². The lowest BCUT2D eigenvalue weighted by molar-refractivity contribution is 0.0845. The molecule has 2 aliphatic rings. The number of likely N-dealkylation sites (tertiary alicyclic amines) is 1. The molecule has 1 saturated heterocycles. The van der Waals surface area contributed by atoms with Crippen LogP contribution in [0.2, 0.25) is 0 Å². The monoisotopic (exact) mass is 153 g/mol. The van der Waals surface area contributed by atoms with Gasteiger partial charge in [-0.2, -0.15) is 0 Å². The fourth-order valence-electron chi connectivity index (χ4n) is 2.70. The van der Waals surface area contributed by atoms with E-state index in [2.05, 4.69) is 11.9 Å². The van der Waals surface area contributed by atoms with Crippen molar-refractivity contribution in [3.8, 4) is 0 Å². The van der Waals surface area contributed by atoms with Gasteiger partial charge in [-0.15, -0.1) is 0 Å². The van der Waals surface area contributed by atoms with Gasteiger partial charge in [0.25, 0.3) is 0 Å². The van der Waals surface area contributed by atoms with Gasteiger partial charge in [-0.1, -0.05) is 12.8 Å². The zero-order chi connectivity index (χ0) is 7.73. The van der Waals surface area contributed by atoms with Crippen molar-refractivity contribution in [2.24, 2.45) is 5.41 Å². The summed E-state index contributed by atoms with van der Waals surface area (Å²) in [6, 6.07) is 0. The van der Waals surface area contributed by atoms with E-state index in [-0.39, 0.29) is 0 Å². The first-order valence-corrected chi connectivity index (χ1v) is 4.99. The second-order valence-corrected chi connectivity index (χ2v) is 4.55.